The molecule has 0 aliphatic heterocycles. The summed E-state index contributed by atoms with van der Waals surface area (Å²) in [6, 6.07) is 152. The van der Waals surface area contributed by atoms with Crippen molar-refractivity contribution in [3.8, 4) is 80.7 Å². The average Bonchev–Trinajstić information content (AvgIpc) is 1.58. The van der Waals surface area contributed by atoms with Crippen molar-refractivity contribution in [1.82, 2.24) is 91.9 Å². The Morgan fingerprint density at radius 1 is 0.177 bits per heavy atom. The normalized spacial score (nSPS) is 11.5. The molecule has 29 rings (SSSR count). The molecule has 13 aromatic heterocycles. The molecule has 0 N–H and O–H groups in total. The van der Waals surface area contributed by atoms with Crippen molar-refractivity contribution < 1.29 is 72.7 Å². The number of pyridine rings is 3. The summed E-state index contributed by atoms with van der Waals surface area (Å²) in [5.74, 6) is 5.28. The number of ether oxygens (including phenoxy) is 2. The van der Waals surface area contributed by atoms with Crippen LogP contribution in [0.5, 0.6) is 23.3 Å². The number of hydrogen-bond acceptors (Lipinski definition) is 11. The maximum Gasteiger partial charge on any atom is 2.00 e. The first-order chi connectivity index (χ1) is 68.4. The van der Waals surface area contributed by atoms with E-state index in [0.29, 0.717) is 23.3 Å². The maximum absolute atomic E-state index is 6.05. The molecule has 0 atom stereocenters. The third-order valence-corrected chi connectivity index (χ3v) is 25.7. The van der Waals surface area contributed by atoms with Crippen molar-refractivity contribution in [2.24, 2.45) is 0 Å². The molecule has 16 aromatic carbocycles. The molecular weight excluding hydrogens is 2290 g/mol. The van der Waals surface area contributed by atoms with E-state index in [1.54, 1.807) is 21.8 Å². The Morgan fingerprint density at radius 3 is 0.801 bits per heavy atom. The van der Waals surface area contributed by atoms with E-state index in [1.807, 2.05) is 145 Å². The molecule has 0 unspecified atom stereocenters. The van der Waals surface area contributed by atoms with E-state index in [2.05, 4.69) is 376 Å². The Morgan fingerprint density at radius 2 is 0.440 bits per heavy atom. The topological polar surface area (TPSA) is 184 Å². The zero-order valence-electron chi connectivity index (χ0n) is 74.1. The zero-order valence-corrected chi connectivity index (χ0v) is 80.9. The van der Waals surface area contributed by atoms with Crippen LogP contribution >= 0.6 is 0 Å². The molecule has 0 spiro atoms. The molecule has 0 saturated heterocycles. The minimum atomic E-state index is 0. The van der Waals surface area contributed by atoms with E-state index in [-0.39, 0.29) is 63.2 Å². The molecule has 141 heavy (non-hydrogen) atoms. The molecule has 0 aliphatic carbocycles. The van der Waals surface area contributed by atoms with Gasteiger partial charge in [0.15, 0.2) is 17.5 Å². The van der Waals surface area contributed by atoms with E-state index in [9.17, 15) is 0 Å². The van der Waals surface area contributed by atoms with Gasteiger partial charge in [-0.3, -0.25) is 13.7 Å². The molecular formula is C117H69N19O2Pt3. The smallest absolute Gasteiger partial charge is 0.466 e. The van der Waals surface area contributed by atoms with Gasteiger partial charge >= 0.3 is 63.2 Å². The van der Waals surface area contributed by atoms with Gasteiger partial charge in [0.05, 0.1) is 51.7 Å². The number of hydrogen-bond donors (Lipinski definition) is 0. The summed E-state index contributed by atoms with van der Waals surface area (Å²) in [5.41, 5.74) is 19.5. The first-order valence-corrected chi connectivity index (χ1v) is 45.2. The first kappa shape index (κ1) is 86.5. The molecule has 674 valence electrons. The van der Waals surface area contributed by atoms with Crippen LogP contribution in [0.1, 0.15) is 0 Å². The van der Waals surface area contributed by atoms with Crippen molar-refractivity contribution in [3.05, 3.63) is 456 Å². The maximum atomic E-state index is 6.05. The SMILES string of the molecule is [Pt+2].[Pt+2].[Pt+2].[c-]1c(-n2cc(-n3c4ccccc4c4ccccc43)nn2)ccc2c3ccccc3n(-c3[c-]c4c(cc3)c3ccccc3n4-c3ccccn3)c12.[c-]1c(-n2cc(-n3c4ccccc4c4ccccc43)nn2)cccc1-n1c2[c-]c(Oc3ccccn3)ccc2c2ccccc21.[c-]1c(Oc2ccccn2)cccc1-n1c2[c-]c(-n3cc(-n4c5ccccc5c5ccccc54)nn3)ccc2c2ccccc21. The number of para-hydroxylation sites is 10. The Balaban J connectivity index is 0.000000114. The Hall–Kier alpha value is -17.3. The van der Waals surface area contributed by atoms with Crippen molar-refractivity contribution >= 4 is 153 Å². The Bertz CT molecular complexity index is 9720. The number of nitrogens with zero attached hydrogens (tertiary/aromatic N) is 19. The van der Waals surface area contributed by atoms with Gasteiger partial charge < -0.3 is 27.7 Å². The van der Waals surface area contributed by atoms with Crippen LogP contribution in [-0.2, 0) is 63.2 Å². The van der Waals surface area contributed by atoms with Crippen LogP contribution in [0.25, 0.3) is 210 Å². The van der Waals surface area contributed by atoms with Crippen LogP contribution in [0.3, 0.4) is 0 Å². The van der Waals surface area contributed by atoms with E-state index in [4.69, 9.17) is 14.5 Å². The van der Waals surface area contributed by atoms with Gasteiger partial charge in [-0.25, -0.2) is 29.0 Å². The van der Waals surface area contributed by atoms with Gasteiger partial charge in [-0.1, -0.05) is 255 Å². The Labute approximate surface area is 846 Å². The summed E-state index contributed by atoms with van der Waals surface area (Å²) in [6.45, 7) is 0. The summed E-state index contributed by atoms with van der Waals surface area (Å²) >= 11 is 0. The minimum absolute atomic E-state index is 0. The van der Waals surface area contributed by atoms with E-state index in [1.165, 1.54) is 32.3 Å². The van der Waals surface area contributed by atoms with Crippen LogP contribution in [0.15, 0.2) is 419 Å². The second kappa shape index (κ2) is 36.0. The van der Waals surface area contributed by atoms with E-state index in [0.717, 1.165) is 178 Å². The van der Waals surface area contributed by atoms with Crippen LogP contribution in [0, 0.1) is 36.4 Å². The van der Waals surface area contributed by atoms with Crippen molar-refractivity contribution in [2.45, 2.75) is 0 Å². The van der Waals surface area contributed by atoms with Crippen LogP contribution in [-0.4, -0.2) is 91.9 Å². The predicted octanol–water partition coefficient (Wildman–Crippen LogP) is 26.0. The summed E-state index contributed by atoms with van der Waals surface area (Å²) in [7, 11) is 0. The minimum Gasteiger partial charge on any atom is -0.466 e. The first-order valence-electron chi connectivity index (χ1n) is 45.2. The van der Waals surface area contributed by atoms with Gasteiger partial charge in [0.25, 0.3) is 0 Å². The summed E-state index contributed by atoms with van der Waals surface area (Å²) < 4.78 is 32.7. The third kappa shape index (κ3) is 14.8. The van der Waals surface area contributed by atoms with Gasteiger partial charge in [0, 0.05) is 96.6 Å². The summed E-state index contributed by atoms with van der Waals surface area (Å²) in [5, 5.41) is 43.6. The zero-order chi connectivity index (χ0) is 90.8. The molecule has 0 saturated carbocycles. The number of rotatable bonds is 14. The molecule has 21 nitrogen and oxygen atoms in total. The van der Waals surface area contributed by atoms with Crippen molar-refractivity contribution in [2.75, 3.05) is 0 Å². The number of aromatic nitrogens is 19. The van der Waals surface area contributed by atoms with Crippen LogP contribution in [0.4, 0.5) is 0 Å². The van der Waals surface area contributed by atoms with Crippen molar-refractivity contribution in [3.63, 3.8) is 0 Å². The average molecular weight is 2360 g/mol. The van der Waals surface area contributed by atoms with E-state index < -0.39 is 0 Å². The second-order valence-electron chi connectivity index (χ2n) is 33.5. The fraction of sp³-hybridized carbons (Fsp3) is 0. The second-order valence-corrected chi connectivity index (χ2v) is 33.5. The monoisotopic (exact) mass is 2360 g/mol. The van der Waals surface area contributed by atoms with Crippen LogP contribution in [0.2, 0.25) is 0 Å². The molecule has 0 amide bonds. The molecule has 0 bridgehead atoms. The van der Waals surface area contributed by atoms with Gasteiger partial charge in [0.1, 0.15) is 5.82 Å². The molecule has 0 aliphatic rings. The van der Waals surface area contributed by atoms with Gasteiger partial charge in [-0.15, -0.1) is 122 Å². The van der Waals surface area contributed by atoms with Gasteiger partial charge in [-0.2, -0.15) is 36.4 Å². The van der Waals surface area contributed by atoms with Crippen molar-refractivity contribution in [1.29, 1.82) is 0 Å². The quantitative estimate of drug-likeness (QED) is 0.0944. The summed E-state index contributed by atoms with van der Waals surface area (Å²) in [4.78, 5) is 13.3. The fourth-order valence-electron chi connectivity index (χ4n) is 19.8. The largest absolute Gasteiger partial charge is 2.00 e. The van der Waals surface area contributed by atoms with E-state index >= 15 is 0 Å². The number of fused-ring (bicyclic) bond motifs is 21. The fourth-order valence-corrected chi connectivity index (χ4v) is 19.8. The van der Waals surface area contributed by atoms with Gasteiger partial charge in [-0.05, 0) is 124 Å². The standard InChI is InChI=1S/C43H25N7.2C37H22N6O.3Pt/c1-5-15-36-32(13-1)34-22-20-28(47-27-43(45-46-47)49-37-16-6-2-11-30(37)31-12-3-7-17-38(31)49)25-40(34)48(36)29-21-23-35-33-14-4-8-18-39(33)50(41(35)26-29)42-19-9-10-24-44-42;1-4-15-32-30(14-1)31-20-19-25(23-35(31)42(32)26-10-9-11-27(22-26)44-37-18-7-8-21-38-37)41-24-36(39-40-41)43-33-16-5-2-12-28(33)29-13-3-6-17-34(29)43;1-4-15-32-30(14-1)31-20-19-27(44-37-18-7-8-21-38-37)23-35(31)42(32)26-11-9-10-25(22-26)41-24-36(39-40-41)43-33-16-5-2-12-28(33)29-13-3-6-17-34(29)43;;;/h1-24,27H;2*1-21,24H;;;/q3*-2;3*+2. The molecule has 0 radical (unpaired) electrons. The molecule has 0 fully saturated rings. The van der Waals surface area contributed by atoms with Crippen LogP contribution < -0.4 is 9.47 Å². The number of benzene rings is 16. The molecule has 24 heteroatoms. The summed E-state index contributed by atoms with van der Waals surface area (Å²) in [6.07, 6.45) is 11.1. The van der Waals surface area contributed by atoms with Gasteiger partial charge in [0.2, 0.25) is 11.8 Å². The molecule has 29 aromatic rings. The molecule has 13 heterocycles. The Kier molecular flexibility index (Phi) is 22.1. The third-order valence-electron chi connectivity index (χ3n) is 25.7. The predicted molar refractivity (Wildman–Crippen MR) is 544 cm³/mol.